The molecule has 0 saturated carbocycles. The highest BCUT2D eigenvalue weighted by Crippen LogP contribution is 2.26. The monoisotopic (exact) mass is 454 g/mol. The summed E-state index contributed by atoms with van der Waals surface area (Å²) in [5.41, 5.74) is 10.8. The number of benzene rings is 2. The third-order valence-electron chi connectivity index (χ3n) is 5.84. The number of nitrogens with one attached hydrogen (secondary N) is 2. The zero-order valence-corrected chi connectivity index (χ0v) is 18.7. The molecule has 9 heteroatoms. The lowest BCUT2D eigenvalue weighted by Crippen LogP contribution is -2.29. The number of rotatable bonds is 6. The van der Waals surface area contributed by atoms with E-state index in [0.717, 1.165) is 24.5 Å². The molecule has 4 aromatic rings. The van der Waals surface area contributed by atoms with Crippen LogP contribution in [0.4, 0.5) is 28.8 Å². The van der Waals surface area contributed by atoms with Gasteiger partial charge in [0, 0.05) is 30.2 Å². The van der Waals surface area contributed by atoms with E-state index in [2.05, 4.69) is 49.2 Å². The van der Waals surface area contributed by atoms with Gasteiger partial charge in [-0.15, -0.1) is 0 Å². The Morgan fingerprint density at radius 2 is 1.79 bits per heavy atom. The second kappa shape index (κ2) is 9.22. The van der Waals surface area contributed by atoms with Crippen molar-refractivity contribution >= 4 is 45.9 Å². The van der Waals surface area contributed by atoms with Gasteiger partial charge in [0.2, 0.25) is 11.9 Å². The fourth-order valence-electron chi connectivity index (χ4n) is 4.13. The van der Waals surface area contributed by atoms with Crippen molar-refractivity contribution in [3.05, 3.63) is 67.5 Å². The number of nitrogen functional groups attached to an aromatic ring is 1. The molecule has 0 radical (unpaired) electrons. The summed E-state index contributed by atoms with van der Waals surface area (Å²) in [6, 6.07) is 15.6. The highest BCUT2D eigenvalue weighted by molar-refractivity contribution is 5.99. The van der Waals surface area contributed by atoms with E-state index in [0.29, 0.717) is 22.8 Å². The molecule has 0 atom stereocenters. The van der Waals surface area contributed by atoms with Gasteiger partial charge >= 0.3 is 0 Å². The molecule has 0 spiro atoms. The van der Waals surface area contributed by atoms with Gasteiger partial charge in [0.1, 0.15) is 6.33 Å². The fraction of sp³-hybridized carbons (Fsp3) is 0.200. The number of hydrogen-bond donors (Lipinski definition) is 3. The molecule has 172 valence electrons. The first kappa shape index (κ1) is 21.4. The molecule has 34 heavy (non-hydrogen) atoms. The molecule has 9 nitrogen and oxygen atoms in total. The van der Waals surface area contributed by atoms with Crippen LogP contribution in [-0.4, -0.2) is 38.5 Å². The summed E-state index contributed by atoms with van der Waals surface area (Å²) in [4.78, 5) is 27.5. The quantitative estimate of drug-likeness (QED) is 0.373. The van der Waals surface area contributed by atoms with Crippen LogP contribution in [-0.2, 0) is 4.79 Å². The van der Waals surface area contributed by atoms with Crippen LogP contribution in [0.25, 0.3) is 16.9 Å². The van der Waals surface area contributed by atoms with Crippen LogP contribution in [0.15, 0.2) is 67.5 Å². The summed E-state index contributed by atoms with van der Waals surface area (Å²) in [5, 5.41) is 6.01. The van der Waals surface area contributed by atoms with Gasteiger partial charge in [-0.2, -0.15) is 9.97 Å². The molecule has 2 aromatic heterocycles. The number of anilines is 5. The van der Waals surface area contributed by atoms with Crippen LogP contribution in [0, 0.1) is 0 Å². The first-order valence-corrected chi connectivity index (χ1v) is 11.3. The number of hydrogen-bond acceptors (Lipinski definition) is 7. The molecule has 4 N–H and O–H groups in total. The van der Waals surface area contributed by atoms with Crippen LogP contribution in [0.5, 0.6) is 0 Å². The molecule has 5 rings (SSSR count). The van der Waals surface area contributed by atoms with E-state index in [-0.39, 0.29) is 11.7 Å². The maximum Gasteiger partial charge on any atom is 0.247 e. The molecule has 3 heterocycles. The normalized spacial score (nSPS) is 13.6. The van der Waals surface area contributed by atoms with Crippen LogP contribution < -0.4 is 21.3 Å². The SMILES string of the molecule is C=CC(=O)Nc1cccc(-n2cnc3c(N)nc(Nc4ccc(N5CCCCC5)cc4)nc32)c1. The largest absolute Gasteiger partial charge is 0.382 e. The van der Waals surface area contributed by atoms with E-state index < -0.39 is 0 Å². The zero-order chi connectivity index (χ0) is 23.5. The molecule has 1 amide bonds. The summed E-state index contributed by atoms with van der Waals surface area (Å²) in [6.45, 7) is 5.69. The van der Waals surface area contributed by atoms with Crippen LogP contribution in [0.1, 0.15) is 19.3 Å². The Balaban J connectivity index is 1.42. The van der Waals surface area contributed by atoms with Crippen LogP contribution >= 0.6 is 0 Å². The van der Waals surface area contributed by atoms with E-state index in [4.69, 9.17) is 5.73 Å². The molecule has 1 aliphatic heterocycles. The molecule has 1 saturated heterocycles. The first-order chi connectivity index (χ1) is 16.6. The second-order valence-electron chi connectivity index (χ2n) is 8.18. The molecule has 0 unspecified atom stereocenters. The number of nitrogens with zero attached hydrogens (tertiary/aromatic N) is 5. The van der Waals surface area contributed by atoms with Crippen molar-refractivity contribution in [3.8, 4) is 5.69 Å². The standard InChI is InChI=1S/C25H26N8O/c1-2-21(34)28-18-7-6-8-20(15-18)33-16-27-22-23(26)30-25(31-24(22)33)29-17-9-11-19(12-10-17)32-13-4-3-5-14-32/h2,6-12,15-16H,1,3-5,13-14H2,(H,28,34)(H3,26,29,30,31). The summed E-state index contributed by atoms with van der Waals surface area (Å²) in [7, 11) is 0. The maximum atomic E-state index is 11.7. The Morgan fingerprint density at radius 3 is 2.56 bits per heavy atom. The number of nitrogens with two attached hydrogens (primary N) is 1. The first-order valence-electron chi connectivity index (χ1n) is 11.3. The van der Waals surface area contributed by atoms with Crippen molar-refractivity contribution in [1.29, 1.82) is 0 Å². The summed E-state index contributed by atoms with van der Waals surface area (Å²) < 4.78 is 1.81. The van der Waals surface area contributed by atoms with Gasteiger partial charge in [0.05, 0.1) is 5.69 Å². The highest BCUT2D eigenvalue weighted by atomic mass is 16.1. The van der Waals surface area contributed by atoms with Crippen LogP contribution in [0.3, 0.4) is 0 Å². The van der Waals surface area contributed by atoms with Crippen molar-refractivity contribution < 1.29 is 4.79 Å². The average molecular weight is 455 g/mol. The van der Waals surface area contributed by atoms with Gasteiger partial charge < -0.3 is 21.3 Å². The van der Waals surface area contributed by atoms with Crippen LogP contribution in [0.2, 0.25) is 0 Å². The molecule has 0 aliphatic carbocycles. The van der Waals surface area contributed by atoms with E-state index in [1.807, 2.05) is 34.9 Å². The van der Waals surface area contributed by atoms with E-state index in [9.17, 15) is 4.79 Å². The minimum absolute atomic E-state index is 0.281. The number of aromatic nitrogens is 4. The zero-order valence-electron chi connectivity index (χ0n) is 18.7. The Morgan fingerprint density at radius 1 is 1.00 bits per heavy atom. The fourth-order valence-corrected chi connectivity index (χ4v) is 4.13. The predicted octanol–water partition coefficient (Wildman–Crippen LogP) is 4.26. The Kier molecular flexibility index (Phi) is 5.82. The van der Waals surface area contributed by atoms with Crippen molar-refractivity contribution in [1.82, 2.24) is 19.5 Å². The third kappa shape index (κ3) is 4.40. The van der Waals surface area contributed by atoms with Crippen molar-refractivity contribution in [2.45, 2.75) is 19.3 Å². The number of carbonyl (C=O) groups is 1. The number of amides is 1. The summed E-state index contributed by atoms with van der Waals surface area (Å²) in [5.74, 6) is 0.387. The molecule has 0 bridgehead atoms. The number of fused-ring (bicyclic) bond motifs is 1. The molecular formula is C25H26N8O. The lowest BCUT2D eigenvalue weighted by Gasteiger charge is -2.28. The predicted molar refractivity (Wildman–Crippen MR) is 136 cm³/mol. The van der Waals surface area contributed by atoms with E-state index in [1.165, 1.54) is 31.0 Å². The van der Waals surface area contributed by atoms with Gasteiger partial charge in [0.15, 0.2) is 17.0 Å². The highest BCUT2D eigenvalue weighted by Gasteiger charge is 2.14. The average Bonchev–Trinajstić information content (AvgIpc) is 3.30. The Labute approximate surface area is 197 Å². The lowest BCUT2D eigenvalue weighted by atomic mass is 10.1. The number of imidazole rings is 1. The molecule has 1 aliphatic rings. The van der Waals surface area contributed by atoms with Crippen molar-refractivity contribution in [3.63, 3.8) is 0 Å². The molecule has 2 aromatic carbocycles. The van der Waals surface area contributed by atoms with Gasteiger partial charge in [-0.3, -0.25) is 9.36 Å². The minimum Gasteiger partial charge on any atom is -0.382 e. The summed E-state index contributed by atoms with van der Waals surface area (Å²) >= 11 is 0. The topological polar surface area (TPSA) is 114 Å². The second-order valence-corrected chi connectivity index (χ2v) is 8.18. The smallest absolute Gasteiger partial charge is 0.247 e. The minimum atomic E-state index is -0.281. The third-order valence-corrected chi connectivity index (χ3v) is 5.84. The van der Waals surface area contributed by atoms with Crippen molar-refractivity contribution in [2.24, 2.45) is 0 Å². The van der Waals surface area contributed by atoms with E-state index in [1.54, 1.807) is 12.4 Å². The Bertz CT molecular complexity index is 1340. The maximum absolute atomic E-state index is 11.7. The van der Waals surface area contributed by atoms with Gasteiger partial charge in [-0.1, -0.05) is 12.6 Å². The lowest BCUT2D eigenvalue weighted by molar-refractivity contribution is -0.111. The van der Waals surface area contributed by atoms with Gasteiger partial charge in [-0.05, 0) is 67.8 Å². The van der Waals surface area contributed by atoms with Gasteiger partial charge in [0.25, 0.3) is 0 Å². The Hall–Kier alpha value is -4.40. The molecule has 1 fully saturated rings. The number of piperidine rings is 1. The van der Waals surface area contributed by atoms with E-state index >= 15 is 0 Å². The summed E-state index contributed by atoms with van der Waals surface area (Å²) in [6.07, 6.45) is 6.65. The molecular weight excluding hydrogens is 428 g/mol. The van der Waals surface area contributed by atoms with Gasteiger partial charge in [-0.25, -0.2) is 4.98 Å². The van der Waals surface area contributed by atoms with Crippen molar-refractivity contribution in [2.75, 3.05) is 34.4 Å². The number of carbonyl (C=O) groups excluding carboxylic acids is 1.